The molecule has 1 rings (SSSR count). The minimum absolute atomic E-state index is 0.448. The van der Waals surface area contributed by atoms with Gasteiger partial charge in [-0.25, -0.2) is 0 Å². The van der Waals surface area contributed by atoms with Gasteiger partial charge in [0.2, 0.25) is 0 Å². The smallest absolute Gasteiger partial charge is 0.0193 e. The number of hydrogen-bond acceptors (Lipinski definition) is 2. The fraction of sp³-hybridized carbons (Fsp3) is 1.00. The zero-order valence-corrected chi connectivity index (χ0v) is 6.82. The van der Waals surface area contributed by atoms with E-state index in [9.17, 15) is 0 Å². The summed E-state index contributed by atoms with van der Waals surface area (Å²) in [6.07, 6.45) is 5.20. The standard InChI is InChI=1S/C8H18N2/c1-2-10-8(6-7-9)4-3-5-8/h10H,2-7,9H2,1H3. The third-order valence-electron chi connectivity index (χ3n) is 2.49. The second-order valence-electron chi connectivity index (χ2n) is 3.20. The van der Waals surface area contributed by atoms with E-state index in [0.29, 0.717) is 5.54 Å². The third-order valence-corrected chi connectivity index (χ3v) is 2.49. The predicted molar refractivity (Wildman–Crippen MR) is 43.9 cm³/mol. The van der Waals surface area contributed by atoms with E-state index in [0.717, 1.165) is 19.5 Å². The normalized spacial score (nSPS) is 22.2. The quantitative estimate of drug-likeness (QED) is 0.611. The van der Waals surface area contributed by atoms with Crippen molar-refractivity contribution >= 4 is 0 Å². The molecule has 0 aromatic carbocycles. The van der Waals surface area contributed by atoms with Crippen molar-refractivity contribution in [3.63, 3.8) is 0 Å². The Morgan fingerprint density at radius 1 is 1.50 bits per heavy atom. The monoisotopic (exact) mass is 142 g/mol. The van der Waals surface area contributed by atoms with Crippen LogP contribution in [0.3, 0.4) is 0 Å². The molecule has 0 spiro atoms. The van der Waals surface area contributed by atoms with Crippen LogP contribution in [0, 0.1) is 0 Å². The Morgan fingerprint density at radius 3 is 2.50 bits per heavy atom. The van der Waals surface area contributed by atoms with Crippen molar-refractivity contribution < 1.29 is 0 Å². The average Bonchev–Trinajstić information content (AvgIpc) is 1.84. The fourth-order valence-corrected chi connectivity index (χ4v) is 1.77. The highest BCUT2D eigenvalue weighted by Crippen LogP contribution is 2.34. The average molecular weight is 142 g/mol. The largest absolute Gasteiger partial charge is 0.330 e. The van der Waals surface area contributed by atoms with Gasteiger partial charge in [0.15, 0.2) is 0 Å². The highest BCUT2D eigenvalue weighted by molar-refractivity contribution is 4.95. The topological polar surface area (TPSA) is 38.0 Å². The molecule has 0 aromatic rings. The molecule has 1 saturated carbocycles. The van der Waals surface area contributed by atoms with Crippen molar-refractivity contribution in [2.45, 2.75) is 38.1 Å². The van der Waals surface area contributed by atoms with E-state index >= 15 is 0 Å². The summed E-state index contributed by atoms with van der Waals surface area (Å²) in [4.78, 5) is 0. The van der Waals surface area contributed by atoms with Crippen molar-refractivity contribution in [3.8, 4) is 0 Å². The van der Waals surface area contributed by atoms with Crippen LogP contribution in [0.1, 0.15) is 32.6 Å². The Balaban J connectivity index is 2.27. The van der Waals surface area contributed by atoms with Crippen molar-refractivity contribution in [1.29, 1.82) is 0 Å². The zero-order chi connectivity index (χ0) is 7.45. The van der Waals surface area contributed by atoms with Gasteiger partial charge < -0.3 is 11.1 Å². The first kappa shape index (κ1) is 8.02. The van der Waals surface area contributed by atoms with E-state index in [1.54, 1.807) is 0 Å². The molecule has 2 heteroatoms. The van der Waals surface area contributed by atoms with Gasteiger partial charge in [-0.15, -0.1) is 0 Å². The summed E-state index contributed by atoms with van der Waals surface area (Å²) >= 11 is 0. The number of nitrogens with two attached hydrogens (primary N) is 1. The number of nitrogens with one attached hydrogen (secondary N) is 1. The molecule has 0 saturated heterocycles. The van der Waals surface area contributed by atoms with Gasteiger partial charge in [0.1, 0.15) is 0 Å². The molecule has 0 unspecified atom stereocenters. The van der Waals surface area contributed by atoms with Crippen LogP contribution in [0.4, 0.5) is 0 Å². The molecule has 1 aliphatic rings. The minimum atomic E-state index is 0.448. The molecule has 0 bridgehead atoms. The Labute approximate surface area is 63.2 Å². The summed E-state index contributed by atoms with van der Waals surface area (Å²) in [7, 11) is 0. The molecule has 1 fully saturated rings. The van der Waals surface area contributed by atoms with E-state index in [1.165, 1.54) is 19.3 Å². The molecule has 2 nitrogen and oxygen atoms in total. The second-order valence-corrected chi connectivity index (χ2v) is 3.20. The molecular formula is C8H18N2. The maximum atomic E-state index is 5.51. The van der Waals surface area contributed by atoms with Gasteiger partial charge in [-0.3, -0.25) is 0 Å². The first-order valence-electron chi connectivity index (χ1n) is 4.28. The summed E-state index contributed by atoms with van der Waals surface area (Å²) in [5.74, 6) is 0. The van der Waals surface area contributed by atoms with E-state index in [4.69, 9.17) is 5.73 Å². The molecular weight excluding hydrogens is 124 g/mol. The van der Waals surface area contributed by atoms with Crippen molar-refractivity contribution in [2.75, 3.05) is 13.1 Å². The van der Waals surface area contributed by atoms with Crippen LogP contribution in [-0.2, 0) is 0 Å². The summed E-state index contributed by atoms with van der Waals surface area (Å²) < 4.78 is 0. The molecule has 0 amide bonds. The Morgan fingerprint density at radius 2 is 2.20 bits per heavy atom. The molecule has 0 heterocycles. The SMILES string of the molecule is CCNC1(CCN)CCC1. The van der Waals surface area contributed by atoms with Crippen molar-refractivity contribution in [2.24, 2.45) is 5.73 Å². The van der Waals surface area contributed by atoms with Crippen LogP contribution in [0.15, 0.2) is 0 Å². The molecule has 10 heavy (non-hydrogen) atoms. The molecule has 0 radical (unpaired) electrons. The maximum Gasteiger partial charge on any atom is 0.0193 e. The summed E-state index contributed by atoms with van der Waals surface area (Å²) in [5.41, 5.74) is 5.96. The van der Waals surface area contributed by atoms with Gasteiger partial charge in [-0.1, -0.05) is 6.92 Å². The molecule has 0 atom stereocenters. The zero-order valence-electron chi connectivity index (χ0n) is 6.82. The molecule has 0 aromatic heterocycles. The summed E-state index contributed by atoms with van der Waals surface area (Å²) in [6, 6.07) is 0. The molecule has 0 aliphatic heterocycles. The highest BCUT2D eigenvalue weighted by atomic mass is 15.0. The minimum Gasteiger partial charge on any atom is -0.330 e. The third kappa shape index (κ3) is 1.50. The summed E-state index contributed by atoms with van der Waals surface area (Å²) in [6.45, 7) is 4.07. The van der Waals surface area contributed by atoms with Crippen LogP contribution >= 0.6 is 0 Å². The molecule has 3 N–H and O–H groups in total. The van der Waals surface area contributed by atoms with Gasteiger partial charge in [0.25, 0.3) is 0 Å². The van der Waals surface area contributed by atoms with Crippen LogP contribution < -0.4 is 11.1 Å². The lowest BCUT2D eigenvalue weighted by molar-refractivity contribution is 0.177. The predicted octanol–water partition coefficient (Wildman–Crippen LogP) is 0.867. The Bertz CT molecular complexity index is 89.4. The van der Waals surface area contributed by atoms with Crippen LogP contribution in [-0.4, -0.2) is 18.6 Å². The second kappa shape index (κ2) is 3.35. The number of hydrogen-bond donors (Lipinski definition) is 2. The van der Waals surface area contributed by atoms with Crippen LogP contribution in [0.5, 0.6) is 0 Å². The molecule has 1 aliphatic carbocycles. The highest BCUT2D eigenvalue weighted by Gasteiger charge is 2.34. The van der Waals surface area contributed by atoms with E-state index < -0.39 is 0 Å². The lowest BCUT2D eigenvalue weighted by atomic mass is 9.74. The maximum absolute atomic E-state index is 5.51. The van der Waals surface area contributed by atoms with E-state index in [2.05, 4.69) is 12.2 Å². The van der Waals surface area contributed by atoms with E-state index in [-0.39, 0.29) is 0 Å². The first-order valence-corrected chi connectivity index (χ1v) is 4.28. The Hall–Kier alpha value is -0.0800. The van der Waals surface area contributed by atoms with Crippen LogP contribution in [0.2, 0.25) is 0 Å². The number of rotatable bonds is 4. The van der Waals surface area contributed by atoms with Crippen molar-refractivity contribution in [3.05, 3.63) is 0 Å². The first-order chi connectivity index (χ1) is 4.83. The van der Waals surface area contributed by atoms with Crippen molar-refractivity contribution in [1.82, 2.24) is 5.32 Å². The van der Waals surface area contributed by atoms with Crippen LogP contribution in [0.25, 0.3) is 0 Å². The van der Waals surface area contributed by atoms with Gasteiger partial charge in [-0.05, 0) is 38.8 Å². The van der Waals surface area contributed by atoms with Gasteiger partial charge in [0, 0.05) is 5.54 Å². The lowest BCUT2D eigenvalue weighted by Gasteiger charge is -2.42. The van der Waals surface area contributed by atoms with Gasteiger partial charge in [0.05, 0.1) is 0 Å². The van der Waals surface area contributed by atoms with Gasteiger partial charge >= 0.3 is 0 Å². The van der Waals surface area contributed by atoms with E-state index in [1.807, 2.05) is 0 Å². The molecule has 60 valence electrons. The lowest BCUT2D eigenvalue weighted by Crippen LogP contribution is -2.51. The fourth-order valence-electron chi connectivity index (χ4n) is 1.77. The van der Waals surface area contributed by atoms with Gasteiger partial charge in [-0.2, -0.15) is 0 Å². The Kier molecular flexibility index (Phi) is 2.69. The summed E-state index contributed by atoms with van der Waals surface area (Å²) in [5, 5.41) is 3.52.